The molecule has 5 heteroatoms. The van der Waals surface area contributed by atoms with E-state index in [-0.39, 0.29) is 5.56 Å². The average Bonchev–Trinajstić information content (AvgIpc) is 2.93. The molecular weight excluding hydrogens is 288 g/mol. The van der Waals surface area contributed by atoms with Crippen LogP contribution in [0.2, 0.25) is 0 Å². The Kier molecular flexibility index (Phi) is 2.84. The summed E-state index contributed by atoms with van der Waals surface area (Å²) in [4.78, 5) is 13.0. The molecule has 2 aromatic heterocycles. The number of hydrogen-bond donors (Lipinski definition) is 0. The van der Waals surface area contributed by atoms with Crippen molar-refractivity contribution in [3.8, 4) is 5.69 Å². The Balaban J connectivity index is 2.23. The minimum atomic E-state index is -0.0799. The van der Waals surface area contributed by atoms with Crippen LogP contribution in [0.1, 0.15) is 17.0 Å². The number of fused-ring (bicyclic) bond motifs is 3. The fraction of sp³-hybridized carbons (Fsp3) is 0.167. The van der Waals surface area contributed by atoms with E-state index in [9.17, 15) is 4.79 Å². The molecule has 0 bridgehead atoms. The van der Waals surface area contributed by atoms with E-state index < -0.39 is 0 Å². The smallest absolute Gasteiger partial charge is 0.267 e. The molecule has 5 nitrogen and oxygen atoms in total. The zero-order valence-electron chi connectivity index (χ0n) is 13.2. The molecule has 4 aromatic rings. The van der Waals surface area contributed by atoms with Gasteiger partial charge in [0.15, 0.2) is 0 Å². The second-order valence-electron chi connectivity index (χ2n) is 5.81. The van der Waals surface area contributed by atoms with Gasteiger partial charge in [0.2, 0.25) is 5.78 Å². The summed E-state index contributed by atoms with van der Waals surface area (Å²) in [5.74, 6) is 1.29. The third-order valence-corrected chi connectivity index (χ3v) is 4.33. The van der Waals surface area contributed by atoms with Crippen LogP contribution < -0.4 is 5.56 Å². The summed E-state index contributed by atoms with van der Waals surface area (Å²) >= 11 is 0. The van der Waals surface area contributed by atoms with Crippen molar-refractivity contribution in [2.75, 3.05) is 0 Å². The average molecular weight is 304 g/mol. The van der Waals surface area contributed by atoms with Gasteiger partial charge in [-0.1, -0.05) is 18.2 Å². The summed E-state index contributed by atoms with van der Waals surface area (Å²) in [5.41, 5.74) is 3.88. The van der Waals surface area contributed by atoms with Crippen LogP contribution in [-0.4, -0.2) is 19.2 Å². The van der Waals surface area contributed by atoms with E-state index in [2.05, 4.69) is 17.1 Å². The van der Waals surface area contributed by atoms with Crippen molar-refractivity contribution < 1.29 is 0 Å². The Labute approximate surface area is 132 Å². The summed E-state index contributed by atoms with van der Waals surface area (Å²) in [6.45, 7) is 5.98. The van der Waals surface area contributed by atoms with E-state index in [0.717, 1.165) is 22.6 Å². The lowest BCUT2D eigenvalue weighted by molar-refractivity contribution is 0.962. The van der Waals surface area contributed by atoms with Gasteiger partial charge in [0.1, 0.15) is 5.82 Å². The molecule has 0 aliphatic heterocycles. The third kappa shape index (κ3) is 1.90. The highest BCUT2D eigenvalue weighted by Crippen LogP contribution is 2.19. The van der Waals surface area contributed by atoms with Gasteiger partial charge in [-0.15, -0.1) is 10.2 Å². The molecule has 0 saturated carbocycles. The predicted octanol–water partition coefficient (Wildman–Crippen LogP) is 2.96. The Morgan fingerprint density at radius 1 is 0.913 bits per heavy atom. The van der Waals surface area contributed by atoms with Crippen LogP contribution in [0.3, 0.4) is 0 Å². The molecule has 0 N–H and O–H groups in total. The van der Waals surface area contributed by atoms with Gasteiger partial charge in [-0.05, 0) is 56.2 Å². The molecule has 2 aromatic carbocycles. The minimum absolute atomic E-state index is 0.0799. The van der Waals surface area contributed by atoms with E-state index >= 15 is 0 Å². The van der Waals surface area contributed by atoms with Gasteiger partial charge in [0.25, 0.3) is 5.56 Å². The van der Waals surface area contributed by atoms with Crippen LogP contribution >= 0.6 is 0 Å². The molecule has 0 saturated heterocycles. The first kappa shape index (κ1) is 13.7. The largest absolute Gasteiger partial charge is 0.268 e. The number of nitrogens with zero attached hydrogens (tertiary/aromatic N) is 4. The first-order valence-electron chi connectivity index (χ1n) is 7.51. The summed E-state index contributed by atoms with van der Waals surface area (Å²) in [6.07, 6.45) is 0. The molecule has 0 atom stereocenters. The molecule has 0 radical (unpaired) electrons. The van der Waals surface area contributed by atoms with Crippen molar-refractivity contribution in [1.82, 2.24) is 19.2 Å². The zero-order valence-corrected chi connectivity index (χ0v) is 13.2. The predicted molar refractivity (Wildman–Crippen MR) is 90.3 cm³/mol. The number of rotatable bonds is 1. The monoisotopic (exact) mass is 304 g/mol. The summed E-state index contributed by atoms with van der Waals surface area (Å²) < 4.78 is 3.56. The standard InChI is InChI=1S/C18H16N4O/c1-11-8-9-14(10-12(11)2)22-17(23)15-6-4-5-7-16(15)21-13(3)19-20-18(21)22/h4-10H,1-3H3. The lowest BCUT2D eigenvalue weighted by atomic mass is 10.1. The number of aromatic nitrogens is 4. The van der Waals surface area contributed by atoms with Crippen molar-refractivity contribution >= 4 is 16.7 Å². The summed E-state index contributed by atoms with van der Waals surface area (Å²) in [7, 11) is 0. The lowest BCUT2D eigenvalue weighted by Crippen LogP contribution is -2.22. The van der Waals surface area contributed by atoms with E-state index in [1.807, 2.05) is 60.7 Å². The van der Waals surface area contributed by atoms with E-state index in [0.29, 0.717) is 11.2 Å². The fourth-order valence-electron chi connectivity index (χ4n) is 2.94. The normalized spacial score (nSPS) is 11.4. The maximum atomic E-state index is 13.0. The molecule has 0 spiro atoms. The highest BCUT2D eigenvalue weighted by Gasteiger charge is 2.15. The minimum Gasteiger partial charge on any atom is -0.268 e. The van der Waals surface area contributed by atoms with Gasteiger partial charge >= 0.3 is 0 Å². The van der Waals surface area contributed by atoms with E-state index in [1.165, 1.54) is 5.56 Å². The molecule has 0 amide bonds. The lowest BCUT2D eigenvalue weighted by Gasteiger charge is -2.12. The molecule has 0 aliphatic carbocycles. The maximum Gasteiger partial charge on any atom is 0.267 e. The van der Waals surface area contributed by atoms with E-state index in [4.69, 9.17) is 0 Å². The summed E-state index contributed by atoms with van der Waals surface area (Å²) in [6, 6.07) is 13.5. The number of para-hydroxylation sites is 1. The van der Waals surface area contributed by atoms with Gasteiger partial charge in [0.05, 0.1) is 16.6 Å². The van der Waals surface area contributed by atoms with Crippen LogP contribution in [-0.2, 0) is 0 Å². The van der Waals surface area contributed by atoms with E-state index in [1.54, 1.807) is 4.57 Å². The molecule has 0 fully saturated rings. The van der Waals surface area contributed by atoms with Crippen LogP contribution in [0.25, 0.3) is 22.4 Å². The first-order valence-corrected chi connectivity index (χ1v) is 7.51. The first-order chi connectivity index (χ1) is 11.1. The molecular formula is C18H16N4O. The van der Waals surface area contributed by atoms with Crippen molar-refractivity contribution in [2.45, 2.75) is 20.8 Å². The quantitative estimate of drug-likeness (QED) is 0.543. The molecule has 0 unspecified atom stereocenters. The van der Waals surface area contributed by atoms with Crippen molar-refractivity contribution in [3.63, 3.8) is 0 Å². The van der Waals surface area contributed by atoms with Crippen molar-refractivity contribution in [3.05, 3.63) is 69.8 Å². The second kappa shape index (κ2) is 4.78. The second-order valence-corrected chi connectivity index (χ2v) is 5.81. The molecule has 0 aliphatic rings. The molecule has 4 rings (SSSR count). The van der Waals surface area contributed by atoms with Crippen LogP contribution in [0, 0.1) is 20.8 Å². The summed E-state index contributed by atoms with van der Waals surface area (Å²) in [5, 5.41) is 9.05. The van der Waals surface area contributed by atoms with Gasteiger partial charge in [-0.25, -0.2) is 4.57 Å². The third-order valence-electron chi connectivity index (χ3n) is 4.33. The van der Waals surface area contributed by atoms with Crippen molar-refractivity contribution in [1.29, 1.82) is 0 Å². The highest BCUT2D eigenvalue weighted by molar-refractivity contribution is 5.81. The van der Waals surface area contributed by atoms with Crippen LogP contribution in [0.4, 0.5) is 0 Å². The molecule has 114 valence electrons. The Morgan fingerprint density at radius 2 is 1.70 bits per heavy atom. The van der Waals surface area contributed by atoms with Gasteiger partial charge in [0, 0.05) is 0 Å². The molecule has 23 heavy (non-hydrogen) atoms. The topological polar surface area (TPSA) is 52.2 Å². The van der Waals surface area contributed by atoms with Crippen LogP contribution in [0.15, 0.2) is 47.3 Å². The Morgan fingerprint density at radius 3 is 2.48 bits per heavy atom. The number of hydrogen-bond acceptors (Lipinski definition) is 3. The van der Waals surface area contributed by atoms with Gasteiger partial charge < -0.3 is 0 Å². The fourth-order valence-corrected chi connectivity index (χ4v) is 2.94. The maximum absolute atomic E-state index is 13.0. The van der Waals surface area contributed by atoms with Crippen molar-refractivity contribution in [2.24, 2.45) is 0 Å². The Hall–Kier alpha value is -2.95. The SMILES string of the molecule is Cc1ccc(-n2c(=O)c3ccccc3n3c(C)nnc23)cc1C. The van der Waals surface area contributed by atoms with Gasteiger partial charge in [-0.2, -0.15) is 0 Å². The zero-order chi connectivity index (χ0) is 16.1. The highest BCUT2D eigenvalue weighted by atomic mass is 16.1. The number of benzene rings is 2. The number of aryl methyl sites for hydroxylation is 3. The Bertz CT molecular complexity index is 1120. The van der Waals surface area contributed by atoms with Crippen LogP contribution in [0.5, 0.6) is 0 Å². The molecule has 2 heterocycles. The van der Waals surface area contributed by atoms with Gasteiger partial charge in [-0.3, -0.25) is 9.20 Å².